The first-order valence-electron chi connectivity index (χ1n) is 11.4. The van der Waals surface area contributed by atoms with E-state index >= 15 is 0 Å². The van der Waals surface area contributed by atoms with Crippen molar-refractivity contribution in [1.82, 2.24) is 0 Å². The summed E-state index contributed by atoms with van der Waals surface area (Å²) in [6.07, 6.45) is 4.54. The van der Waals surface area contributed by atoms with Gasteiger partial charge in [-0.1, -0.05) is 76.2 Å². The molecule has 0 aromatic heterocycles. The number of hydrogen-bond acceptors (Lipinski definition) is 3. The Kier molecular flexibility index (Phi) is 10.8. The molecule has 0 aliphatic heterocycles. The standard InChI is InChI=1S/C25H51NO2/c1-18(2)24(8,9)13-20(5)12-21(16-28-22(27)15-26)14-23(6,7)17-25(10,11)19(3)4/h18-21H,12-17,26H2,1-11H3. The van der Waals surface area contributed by atoms with Crippen molar-refractivity contribution in [3.05, 3.63) is 0 Å². The molecule has 0 aliphatic carbocycles. The van der Waals surface area contributed by atoms with Gasteiger partial charge in [-0.3, -0.25) is 4.79 Å². The lowest BCUT2D eigenvalue weighted by Gasteiger charge is -2.40. The lowest BCUT2D eigenvalue weighted by Crippen LogP contribution is -2.32. The summed E-state index contributed by atoms with van der Waals surface area (Å²) < 4.78 is 5.49. The summed E-state index contributed by atoms with van der Waals surface area (Å²) in [5, 5.41) is 0. The normalized spacial score (nSPS) is 15.8. The molecule has 2 N–H and O–H groups in total. The van der Waals surface area contributed by atoms with E-state index in [0.29, 0.717) is 41.1 Å². The molecule has 0 bridgehead atoms. The molecule has 168 valence electrons. The summed E-state index contributed by atoms with van der Waals surface area (Å²) in [6.45, 7) is 26.3. The van der Waals surface area contributed by atoms with Crippen molar-refractivity contribution in [3.63, 3.8) is 0 Å². The van der Waals surface area contributed by atoms with Crippen LogP contribution in [0.5, 0.6) is 0 Å². The Bertz CT molecular complexity index is 463. The molecule has 0 heterocycles. The van der Waals surface area contributed by atoms with Gasteiger partial charge in [-0.15, -0.1) is 0 Å². The molecule has 0 saturated carbocycles. The third-order valence-corrected chi connectivity index (χ3v) is 7.16. The molecule has 0 aromatic carbocycles. The van der Waals surface area contributed by atoms with Gasteiger partial charge in [-0.2, -0.15) is 0 Å². The van der Waals surface area contributed by atoms with Crippen LogP contribution in [-0.2, 0) is 9.53 Å². The lowest BCUT2D eigenvalue weighted by atomic mass is 9.66. The highest BCUT2D eigenvalue weighted by atomic mass is 16.5. The van der Waals surface area contributed by atoms with Gasteiger partial charge in [0.25, 0.3) is 0 Å². The maximum atomic E-state index is 11.7. The average molecular weight is 398 g/mol. The highest BCUT2D eigenvalue weighted by molar-refractivity contribution is 5.71. The third kappa shape index (κ3) is 10.3. The molecule has 2 unspecified atom stereocenters. The molecule has 3 nitrogen and oxygen atoms in total. The topological polar surface area (TPSA) is 52.3 Å². The first-order chi connectivity index (χ1) is 12.5. The molecule has 0 aliphatic rings. The minimum atomic E-state index is -0.291. The van der Waals surface area contributed by atoms with E-state index in [1.807, 2.05) is 0 Å². The number of rotatable bonds is 13. The number of carbonyl (C=O) groups excluding carboxylic acids is 1. The summed E-state index contributed by atoms with van der Waals surface area (Å²) in [5.41, 5.74) is 6.28. The summed E-state index contributed by atoms with van der Waals surface area (Å²) >= 11 is 0. The van der Waals surface area contributed by atoms with Crippen molar-refractivity contribution in [2.24, 2.45) is 45.7 Å². The van der Waals surface area contributed by atoms with E-state index in [1.54, 1.807) is 0 Å². The van der Waals surface area contributed by atoms with Crippen LogP contribution in [0.4, 0.5) is 0 Å². The van der Waals surface area contributed by atoms with Crippen LogP contribution in [0.25, 0.3) is 0 Å². The average Bonchev–Trinajstić information content (AvgIpc) is 2.49. The van der Waals surface area contributed by atoms with Gasteiger partial charge in [0.1, 0.15) is 0 Å². The molecule has 0 radical (unpaired) electrons. The smallest absolute Gasteiger partial charge is 0.319 e. The first kappa shape index (κ1) is 27.4. The zero-order chi connectivity index (χ0) is 22.3. The van der Waals surface area contributed by atoms with Crippen LogP contribution in [0.15, 0.2) is 0 Å². The van der Waals surface area contributed by atoms with Gasteiger partial charge in [0.05, 0.1) is 13.2 Å². The van der Waals surface area contributed by atoms with Gasteiger partial charge in [0.2, 0.25) is 0 Å². The molecule has 0 amide bonds. The van der Waals surface area contributed by atoms with E-state index in [0.717, 1.165) is 12.8 Å². The summed E-state index contributed by atoms with van der Waals surface area (Å²) in [6, 6.07) is 0. The second kappa shape index (κ2) is 11.0. The van der Waals surface area contributed by atoms with E-state index in [-0.39, 0.29) is 17.9 Å². The predicted octanol–water partition coefficient (Wildman–Crippen LogP) is 6.69. The van der Waals surface area contributed by atoms with E-state index < -0.39 is 0 Å². The molecular weight excluding hydrogens is 346 g/mol. The number of ether oxygens (including phenoxy) is 1. The monoisotopic (exact) mass is 397 g/mol. The van der Waals surface area contributed by atoms with Crippen molar-refractivity contribution < 1.29 is 9.53 Å². The van der Waals surface area contributed by atoms with E-state index in [9.17, 15) is 4.79 Å². The minimum absolute atomic E-state index is 0.0353. The lowest BCUT2D eigenvalue weighted by molar-refractivity contribution is -0.144. The molecule has 0 spiro atoms. The SMILES string of the molecule is CC(CC(COC(=O)CN)CC(C)(C)CC(C)(C)C(C)C)CC(C)(C)C(C)C. The van der Waals surface area contributed by atoms with Gasteiger partial charge >= 0.3 is 5.97 Å². The largest absolute Gasteiger partial charge is 0.464 e. The van der Waals surface area contributed by atoms with Crippen LogP contribution < -0.4 is 5.73 Å². The second-order valence-electron chi connectivity index (χ2n) is 12.1. The Morgan fingerprint density at radius 1 is 0.857 bits per heavy atom. The molecule has 0 rings (SSSR count). The molecule has 3 heteroatoms. The van der Waals surface area contributed by atoms with E-state index in [4.69, 9.17) is 10.5 Å². The molecule has 0 fully saturated rings. The molecule has 2 atom stereocenters. The Labute approximate surface area is 176 Å². The predicted molar refractivity (Wildman–Crippen MR) is 122 cm³/mol. The fourth-order valence-corrected chi connectivity index (χ4v) is 4.56. The number of nitrogens with two attached hydrogens (primary N) is 1. The maximum absolute atomic E-state index is 11.7. The third-order valence-electron chi connectivity index (χ3n) is 7.16. The summed E-state index contributed by atoms with van der Waals surface area (Å²) in [7, 11) is 0. The Hall–Kier alpha value is -0.570. The van der Waals surface area contributed by atoms with Crippen LogP contribution in [0, 0.1) is 39.9 Å². The van der Waals surface area contributed by atoms with Crippen LogP contribution in [-0.4, -0.2) is 19.1 Å². The second-order valence-corrected chi connectivity index (χ2v) is 12.1. The highest BCUT2D eigenvalue weighted by Gasteiger charge is 2.34. The molecular formula is C25H51NO2. The van der Waals surface area contributed by atoms with Crippen molar-refractivity contribution in [2.75, 3.05) is 13.2 Å². The highest BCUT2D eigenvalue weighted by Crippen LogP contribution is 2.44. The van der Waals surface area contributed by atoms with Gasteiger partial charge < -0.3 is 10.5 Å². The molecule has 0 saturated heterocycles. The molecule has 0 aromatic rings. The first-order valence-corrected chi connectivity index (χ1v) is 11.4. The Morgan fingerprint density at radius 3 is 1.79 bits per heavy atom. The van der Waals surface area contributed by atoms with Crippen molar-refractivity contribution in [2.45, 2.75) is 102 Å². The number of esters is 1. The van der Waals surface area contributed by atoms with E-state index in [2.05, 4.69) is 76.2 Å². The molecule has 28 heavy (non-hydrogen) atoms. The minimum Gasteiger partial charge on any atom is -0.464 e. The van der Waals surface area contributed by atoms with Gasteiger partial charge in [-0.25, -0.2) is 0 Å². The summed E-state index contributed by atoms with van der Waals surface area (Å²) in [4.78, 5) is 11.7. The van der Waals surface area contributed by atoms with Gasteiger partial charge in [-0.05, 0) is 65.6 Å². The number of hydrogen-bond donors (Lipinski definition) is 1. The van der Waals surface area contributed by atoms with Crippen molar-refractivity contribution in [1.29, 1.82) is 0 Å². The maximum Gasteiger partial charge on any atom is 0.319 e. The fourth-order valence-electron chi connectivity index (χ4n) is 4.56. The van der Waals surface area contributed by atoms with E-state index in [1.165, 1.54) is 12.8 Å². The summed E-state index contributed by atoms with van der Waals surface area (Å²) in [5.74, 6) is 2.00. The Balaban J connectivity index is 5.17. The van der Waals surface area contributed by atoms with Crippen LogP contribution >= 0.6 is 0 Å². The van der Waals surface area contributed by atoms with Crippen LogP contribution in [0.1, 0.15) is 102 Å². The Morgan fingerprint density at radius 2 is 1.36 bits per heavy atom. The van der Waals surface area contributed by atoms with Gasteiger partial charge in [0, 0.05) is 0 Å². The van der Waals surface area contributed by atoms with Crippen molar-refractivity contribution in [3.8, 4) is 0 Å². The van der Waals surface area contributed by atoms with Crippen LogP contribution in [0.2, 0.25) is 0 Å². The zero-order valence-corrected chi connectivity index (χ0v) is 20.9. The van der Waals surface area contributed by atoms with Crippen molar-refractivity contribution >= 4 is 5.97 Å². The van der Waals surface area contributed by atoms with Crippen LogP contribution in [0.3, 0.4) is 0 Å². The number of carbonyl (C=O) groups is 1. The quantitative estimate of drug-likeness (QED) is 0.352. The fraction of sp³-hybridized carbons (Fsp3) is 0.960. The zero-order valence-electron chi connectivity index (χ0n) is 20.9. The van der Waals surface area contributed by atoms with Gasteiger partial charge in [0.15, 0.2) is 0 Å².